The lowest BCUT2D eigenvalue weighted by Crippen LogP contribution is -2.33. The van der Waals surface area contributed by atoms with Gasteiger partial charge in [-0.15, -0.1) is 11.3 Å². The van der Waals surface area contributed by atoms with Crippen LogP contribution in [0, 0.1) is 25.2 Å². The monoisotopic (exact) mass is 451 g/mol. The molecule has 0 bridgehead atoms. The van der Waals surface area contributed by atoms with E-state index in [9.17, 15) is 10.1 Å². The highest BCUT2D eigenvalue weighted by molar-refractivity contribution is 7.18. The number of likely N-dealkylation sites (N-methyl/N-ethyl adjacent to an activating group) is 1. The summed E-state index contributed by atoms with van der Waals surface area (Å²) >= 11 is 1.65. The van der Waals surface area contributed by atoms with E-state index in [1.54, 1.807) is 11.3 Å². The number of nitrogens with one attached hydrogen (secondary N) is 1. The number of hydrogen-bond donors (Lipinski definition) is 1. The topological polar surface area (TPSA) is 83.2 Å². The highest BCUT2D eigenvalue weighted by Crippen LogP contribution is 2.30. The molecule has 8 heteroatoms. The second-order valence-corrected chi connectivity index (χ2v) is 9.51. The van der Waals surface area contributed by atoms with E-state index in [-0.39, 0.29) is 24.6 Å². The summed E-state index contributed by atoms with van der Waals surface area (Å²) in [5.41, 5.74) is 3.39. The standard InChI is InChI=1S/C24H29N5O2S/c1-15-16(2)29(13-18-8-7-11-31-18)23(19(15)12-25)27-22(30)14-28(4)17(3)24-26-20-9-5-6-10-21(20)32-24/h5-6,9-10,17-18H,7-8,11,13-14H2,1-4H3,(H,27,30)/t17-,18+/m0/s1. The van der Waals surface area contributed by atoms with E-state index in [1.165, 1.54) is 0 Å². The van der Waals surface area contributed by atoms with Gasteiger partial charge < -0.3 is 14.6 Å². The van der Waals surface area contributed by atoms with Crippen molar-refractivity contribution < 1.29 is 9.53 Å². The molecular weight excluding hydrogens is 422 g/mol. The zero-order valence-corrected chi connectivity index (χ0v) is 19.8. The molecule has 7 nitrogen and oxygen atoms in total. The average molecular weight is 452 g/mol. The fraction of sp³-hybridized carbons (Fsp3) is 0.458. The van der Waals surface area contributed by atoms with Crippen molar-refractivity contribution in [1.82, 2.24) is 14.5 Å². The number of nitrogens with zero attached hydrogens (tertiary/aromatic N) is 4. The predicted molar refractivity (Wildman–Crippen MR) is 127 cm³/mol. The molecule has 168 valence electrons. The van der Waals surface area contributed by atoms with E-state index in [2.05, 4.69) is 24.4 Å². The van der Waals surface area contributed by atoms with Crippen LogP contribution in [-0.2, 0) is 16.1 Å². The van der Waals surface area contributed by atoms with Gasteiger partial charge in [0.2, 0.25) is 5.91 Å². The zero-order valence-electron chi connectivity index (χ0n) is 19.0. The number of carbonyl (C=O) groups excluding carboxylic acids is 1. The minimum atomic E-state index is -0.150. The summed E-state index contributed by atoms with van der Waals surface area (Å²) in [7, 11) is 1.92. The summed E-state index contributed by atoms with van der Waals surface area (Å²) in [5, 5.41) is 13.7. The summed E-state index contributed by atoms with van der Waals surface area (Å²) in [6.45, 7) is 7.58. The number of nitriles is 1. The second kappa shape index (κ2) is 9.41. The van der Waals surface area contributed by atoms with Crippen molar-refractivity contribution >= 4 is 33.3 Å². The van der Waals surface area contributed by atoms with Crippen LogP contribution >= 0.6 is 11.3 Å². The van der Waals surface area contributed by atoms with Crippen LogP contribution in [-0.4, -0.2) is 46.7 Å². The molecule has 1 aliphatic heterocycles. The molecule has 3 aromatic rings. The van der Waals surface area contributed by atoms with E-state index in [1.807, 2.05) is 48.6 Å². The van der Waals surface area contributed by atoms with E-state index >= 15 is 0 Å². The van der Waals surface area contributed by atoms with Crippen molar-refractivity contribution in [2.45, 2.75) is 52.3 Å². The van der Waals surface area contributed by atoms with Gasteiger partial charge in [0, 0.05) is 12.3 Å². The number of para-hydroxylation sites is 1. The number of aromatic nitrogens is 2. The Balaban J connectivity index is 1.49. The molecule has 0 spiro atoms. The van der Waals surface area contributed by atoms with Crippen molar-refractivity contribution in [3.8, 4) is 6.07 Å². The molecule has 32 heavy (non-hydrogen) atoms. The van der Waals surface area contributed by atoms with Crippen LogP contribution in [0.15, 0.2) is 24.3 Å². The largest absolute Gasteiger partial charge is 0.376 e. The van der Waals surface area contributed by atoms with Gasteiger partial charge in [0.05, 0.1) is 41.0 Å². The first kappa shape index (κ1) is 22.5. The number of benzene rings is 1. The molecule has 1 saturated heterocycles. The van der Waals surface area contributed by atoms with Crippen LogP contribution in [0.1, 0.15) is 47.6 Å². The molecule has 2 atom stereocenters. The first-order valence-corrected chi connectivity index (χ1v) is 11.8. The molecule has 0 unspecified atom stereocenters. The lowest BCUT2D eigenvalue weighted by molar-refractivity contribution is -0.117. The molecule has 1 aliphatic rings. The molecule has 0 aliphatic carbocycles. The Morgan fingerprint density at radius 1 is 1.44 bits per heavy atom. The Morgan fingerprint density at radius 2 is 2.22 bits per heavy atom. The molecule has 0 saturated carbocycles. The summed E-state index contributed by atoms with van der Waals surface area (Å²) < 4.78 is 8.96. The Morgan fingerprint density at radius 3 is 2.91 bits per heavy atom. The number of carbonyl (C=O) groups is 1. The SMILES string of the molecule is Cc1c(C#N)c(NC(=O)CN(C)[C@@H](C)c2nc3ccccc3s2)n(C[C@H]2CCCO2)c1C. The van der Waals surface area contributed by atoms with E-state index in [0.29, 0.717) is 17.9 Å². The first-order valence-electron chi connectivity index (χ1n) is 11.0. The fourth-order valence-electron chi connectivity index (χ4n) is 4.14. The smallest absolute Gasteiger partial charge is 0.239 e. The number of amides is 1. The van der Waals surface area contributed by atoms with Gasteiger partial charge in [0.25, 0.3) is 0 Å². The van der Waals surface area contributed by atoms with Crippen LogP contribution in [0.2, 0.25) is 0 Å². The van der Waals surface area contributed by atoms with Gasteiger partial charge in [-0.05, 0) is 58.4 Å². The number of anilines is 1. The summed E-state index contributed by atoms with van der Waals surface area (Å²) in [6.07, 6.45) is 2.16. The van der Waals surface area contributed by atoms with Crippen molar-refractivity contribution in [3.05, 3.63) is 46.1 Å². The highest BCUT2D eigenvalue weighted by Gasteiger charge is 2.25. The third-order valence-electron chi connectivity index (χ3n) is 6.33. The quantitative estimate of drug-likeness (QED) is 0.576. The Labute approximate surface area is 192 Å². The van der Waals surface area contributed by atoms with Crippen LogP contribution in [0.5, 0.6) is 0 Å². The average Bonchev–Trinajstić information content (AvgIpc) is 3.49. The Bertz CT molecular complexity index is 1140. The molecule has 4 rings (SSSR count). The molecule has 1 aromatic carbocycles. The van der Waals surface area contributed by atoms with Gasteiger partial charge in [0.1, 0.15) is 16.9 Å². The van der Waals surface area contributed by atoms with Crippen molar-refractivity contribution in [1.29, 1.82) is 5.26 Å². The van der Waals surface area contributed by atoms with Crippen molar-refractivity contribution in [3.63, 3.8) is 0 Å². The van der Waals surface area contributed by atoms with E-state index < -0.39 is 0 Å². The fourth-order valence-corrected chi connectivity index (χ4v) is 5.23. The van der Waals surface area contributed by atoms with Gasteiger partial charge in [-0.3, -0.25) is 9.69 Å². The van der Waals surface area contributed by atoms with Crippen LogP contribution < -0.4 is 5.32 Å². The van der Waals surface area contributed by atoms with Gasteiger partial charge >= 0.3 is 0 Å². The van der Waals surface area contributed by atoms with Gasteiger partial charge in [0.15, 0.2) is 0 Å². The predicted octanol–water partition coefficient (Wildman–Crippen LogP) is 4.40. The van der Waals surface area contributed by atoms with Crippen LogP contribution in [0.4, 0.5) is 5.82 Å². The van der Waals surface area contributed by atoms with Gasteiger partial charge in [-0.1, -0.05) is 12.1 Å². The molecule has 1 fully saturated rings. The number of fused-ring (bicyclic) bond motifs is 1. The molecule has 1 N–H and O–H groups in total. The second-order valence-electron chi connectivity index (χ2n) is 8.45. The van der Waals surface area contributed by atoms with Crippen LogP contribution in [0.25, 0.3) is 10.2 Å². The Kier molecular flexibility index (Phi) is 6.60. The van der Waals surface area contributed by atoms with Crippen molar-refractivity contribution in [2.75, 3.05) is 25.5 Å². The van der Waals surface area contributed by atoms with Gasteiger partial charge in [-0.25, -0.2) is 4.98 Å². The first-order chi connectivity index (χ1) is 15.4. The Hall–Kier alpha value is -2.73. The summed E-state index contributed by atoms with van der Waals surface area (Å²) in [5.74, 6) is 0.423. The number of rotatable bonds is 7. The number of hydrogen-bond acceptors (Lipinski definition) is 6. The molecule has 2 aromatic heterocycles. The van der Waals surface area contributed by atoms with Gasteiger partial charge in [-0.2, -0.15) is 5.26 Å². The maximum atomic E-state index is 13.0. The van der Waals surface area contributed by atoms with Crippen LogP contribution in [0.3, 0.4) is 0 Å². The minimum Gasteiger partial charge on any atom is -0.376 e. The normalized spacial score (nSPS) is 17.1. The molecule has 3 heterocycles. The maximum Gasteiger partial charge on any atom is 0.239 e. The number of ether oxygens (including phenoxy) is 1. The number of thiazole rings is 1. The third kappa shape index (κ3) is 4.42. The van der Waals surface area contributed by atoms with Crippen molar-refractivity contribution in [2.24, 2.45) is 0 Å². The van der Waals surface area contributed by atoms with E-state index in [4.69, 9.17) is 9.72 Å². The minimum absolute atomic E-state index is 0.00395. The molecule has 1 amide bonds. The maximum absolute atomic E-state index is 13.0. The zero-order chi connectivity index (χ0) is 22.8. The lowest BCUT2D eigenvalue weighted by atomic mass is 10.2. The third-order valence-corrected chi connectivity index (χ3v) is 7.54. The summed E-state index contributed by atoms with van der Waals surface area (Å²) in [6, 6.07) is 10.3. The lowest BCUT2D eigenvalue weighted by Gasteiger charge is -2.23. The summed E-state index contributed by atoms with van der Waals surface area (Å²) in [4.78, 5) is 19.7. The molecule has 0 radical (unpaired) electrons. The molecular formula is C24H29N5O2S. The van der Waals surface area contributed by atoms with E-state index in [0.717, 1.165) is 45.9 Å². The highest BCUT2D eigenvalue weighted by atomic mass is 32.1.